The van der Waals surface area contributed by atoms with Crippen molar-refractivity contribution in [2.45, 2.75) is 26.3 Å². The predicted molar refractivity (Wildman–Crippen MR) is 115 cm³/mol. The number of nitrogens with two attached hydrogens (primary N) is 1. The molecule has 0 amide bonds. The molecule has 0 bridgehead atoms. The number of fused-ring (bicyclic) bond motifs is 1. The van der Waals surface area contributed by atoms with E-state index in [4.69, 9.17) is 5.73 Å². The summed E-state index contributed by atoms with van der Waals surface area (Å²) >= 11 is 1.60. The average molecular weight is 396 g/mol. The lowest BCUT2D eigenvalue weighted by atomic mass is 10.0. The summed E-state index contributed by atoms with van der Waals surface area (Å²) in [6.45, 7) is 4.27. The first-order valence-electron chi connectivity index (χ1n) is 9.22. The topological polar surface area (TPSA) is 68.8 Å². The summed E-state index contributed by atoms with van der Waals surface area (Å²) in [6, 6.07) is 13.0. The van der Waals surface area contributed by atoms with Crippen LogP contribution in [-0.4, -0.2) is 20.8 Å². The van der Waals surface area contributed by atoms with Gasteiger partial charge in [0.25, 0.3) is 0 Å². The highest BCUT2D eigenvalue weighted by Gasteiger charge is 2.20. The second-order valence-corrected chi connectivity index (χ2v) is 7.90. The number of nitrogens with one attached hydrogen (secondary N) is 1. The molecule has 2 aromatic carbocycles. The Morgan fingerprint density at radius 3 is 2.79 bits per heavy atom. The van der Waals surface area contributed by atoms with Crippen LogP contribution in [0.2, 0.25) is 0 Å². The molecule has 3 N–H and O–H groups in total. The van der Waals surface area contributed by atoms with E-state index in [9.17, 15) is 4.39 Å². The highest BCUT2D eigenvalue weighted by atomic mass is 32.1. The Hall–Kier alpha value is -2.93. The van der Waals surface area contributed by atoms with E-state index in [0.717, 1.165) is 32.9 Å². The summed E-state index contributed by atoms with van der Waals surface area (Å²) in [7, 11) is 1.77. The fourth-order valence-electron chi connectivity index (χ4n) is 3.12. The maximum absolute atomic E-state index is 14.4. The quantitative estimate of drug-likeness (QED) is 0.481. The first-order chi connectivity index (χ1) is 13.5. The summed E-state index contributed by atoms with van der Waals surface area (Å²) in [5, 5.41) is 8.80. The maximum Gasteiger partial charge on any atom is 0.183 e. The number of aromatic nitrogens is 3. The van der Waals surface area contributed by atoms with Gasteiger partial charge in [0.1, 0.15) is 17.3 Å². The standard InChI is InChI=1S/C21H22FN5S/c1-4-12(2)24-21-25-16-10-9-13(11-17(16)28-21)18-19(26-27(3)20(18)23)14-7-5-6-8-15(14)22/h5-12H,4,23H2,1-3H3,(H,24,25)/t12-/m1/s1. The van der Waals surface area contributed by atoms with Gasteiger partial charge >= 0.3 is 0 Å². The molecule has 144 valence electrons. The number of thiazole rings is 1. The molecule has 0 saturated carbocycles. The Bertz CT molecular complexity index is 1150. The van der Waals surface area contributed by atoms with Gasteiger partial charge in [-0.15, -0.1) is 0 Å². The second kappa shape index (κ2) is 7.24. The Balaban J connectivity index is 1.83. The molecule has 28 heavy (non-hydrogen) atoms. The normalized spacial score (nSPS) is 12.4. The van der Waals surface area contributed by atoms with Crippen molar-refractivity contribution in [2.24, 2.45) is 7.05 Å². The van der Waals surface area contributed by atoms with Crippen LogP contribution in [0, 0.1) is 5.82 Å². The number of hydrogen-bond donors (Lipinski definition) is 2. The molecule has 2 heterocycles. The first-order valence-corrected chi connectivity index (χ1v) is 10.0. The largest absolute Gasteiger partial charge is 0.383 e. The number of hydrogen-bond acceptors (Lipinski definition) is 5. The molecule has 1 atom stereocenters. The summed E-state index contributed by atoms with van der Waals surface area (Å²) in [5.74, 6) is 0.181. The third-order valence-electron chi connectivity index (χ3n) is 4.88. The van der Waals surface area contributed by atoms with E-state index in [0.29, 0.717) is 23.1 Å². The van der Waals surface area contributed by atoms with Crippen molar-refractivity contribution < 1.29 is 4.39 Å². The van der Waals surface area contributed by atoms with Crippen LogP contribution in [0.1, 0.15) is 20.3 Å². The highest BCUT2D eigenvalue weighted by molar-refractivity contribution is 7.22. The van der Waals surface area contributed by atoms with Gasteiger partial charge < -0.3 is 11.1 Å². The molecule has 4 aromatic rings. The molecule has 0 aliphatic rings. The van der Waals surface area contributed by atoms with Crippen LogP contribution in [0.4, 0.5) is 15.3 Å². The van der Waals surface area contributed by atoms with Gasteiger partial charge in [-0.25, -0.2) is 9.37 Å². The number of benzene rings is 2. The minimum Gasteiger partial charge on any atom is -0.383 e. The fourth-order valence-corrected chi connectivity index (χ4v) is 4.13. The van der Waals surface area contributed by atoms with E-state index in [1.165, 1.54) is 6.07 Å². The Kier molecular flexibility index (Phi) is 4.77. The third kappa shape index (κ3) is 3.22. The molecule has 5 nitrogen and oxygen atoms in total. The van der Waals surface area contributed by atoms with E-state index in [1.807, 2.05) is 18.2 Å². The van der Waals surface area contributed by atoms with Crippen LogP contribution >= 0.6 is 11.3 Å². The number of nitrogen functional groups attached to an aromatic ring is 1. The van der Waals surface area contributed by atoms with E-state index in [1.54, 1.807) is 41.3 Å². The Morgan fingerprint density at radius 1 is 1.25 bits per heavy atom. The van der Waals surface area contributed by atoms with Gasteiger partial charge in [-0.1, -0.05) is 36.5 Å². The van der Waals surface area contributed by atoms with Crippen molar-refractivity contribution in [2.75, 3.05) is 11.1 Å². The van der Waals surface area contributed by atoms with Crippen molar-refractivity contribution in [1.82, 2.24) is 14.8 Å². The fraction of sp³-hybridized carbons (Fsp3) is 0.238. The molecule has 7 heteroatoms. The highest BCUT2D eigenvalue weighted by Crippen LogP contribution is 2.39. The first kappa shape index (κ1) is 18.4. The molecule has 0 spiro atoms. The van der Waals surface area contributed by atoms with Gasteiger partial charge in [0.15, 0.2) is 5.13 Å². The van der Waals surface area contributed by atoms with Gasteiger partial charge in [-0.3, -0.25) is 4.68 Å². The Labute approximate surface area is 167 Å². The number of rotatable bonds is 5. The molecule has 0 aliphatic heterocycles. The zero-order valence-corrected chi connectivity index (χ0v) is 16.8. The monoisotopic (exact) mass is 395 g/mol. The average Bonchev–Trinajstić information content (AvgIpc) is 3.21. The Morgan fingerprint density at radius 2 is 2.04 bits per heavy atom. The van der Waals surface area contributed by atoms with E-state index in [-0.39, 0.29) is 5.82 Å². The van der Waals surface area contributed by atoms with Crippen LogP contribution in [0.3, 0.4) is 0 Å². The van der Waals surface area contributed by atoms with E-state index in [2.05, 4.69) is 29.2 Å². The molecule has 4 rings (SSSR count). The molecule has 2 aromatic heterocycles. The second-order valence-electron chi connectivity index (χ2n) is 6.87. The van der Waals surface area contributed by atoms with Crippen LogP contribution in [0.15, 0.2) is 42.5 Å². The summed E-state index contributed by atoms with van der Waals surface area (Å²) < 4.78 is 17.1. The van der Waals surface area contributed by atoms with Gasteiger partial charge in [-0.2, -0.15) is 5.10 Å². The number of anilines is 2. The minimum absolute atomic E-state index is 0.319. The van der Waals surface area contributed by atoms with Gasteiger partial charge in [0.05, 0.1) is 15.8 Å². The maximum atomic E-state index is 14.4. The summed E-state index contributed by atoms with van der Waals surface area (Å²) in [6.07, 6.45) is 1.03. The summed E-state index contributed by atoms with van der Waals surface area (Å²) in [4.78, 5) is 4.65. The molecule has 0 aliphatic carbocycles. The van der Waals surface area contributed by atoms with Crippen LogP contribution < -0.4 is 11.1 Å². The zero-order chi connectivity index (χ0) is 19.8. The molecule has 0 radical (unpaired) electrons. The molecule has 0 saturated heterocycles. The lowest BCUT2D eigenvalue weighted by Crippen LogP contribution is -2.12. The number of nitrogens with zero attached hydrogens (tertiary/aromatic N) is 3. The summed E-state index contributed by atoms with van der Waals surface area (Å²) in [5.41, 5.74) is 9.85. The van der Waals surface area contributed by atoms with Crippen LogP contribution in [0.25, 0.3) is 32.6 Å². The van der Waals surface area contributed by atoms with Crippen LogP contribution in [-0.2, 0) is 7.05 Å². The molecule has 0 unspecified atom stereocenters. The number of halogens is 1. The van der Waals surface area contributed by atoms with Gasteiger partial charge in [-0.05, 0) is 43.2 Å². The van der Waals surface area contributed by atoms with Crippen LogP contribution in [0.5, 0.6) is 0 Å². The zero-order valence-electron chi connectivity index (χ0n) is 16.0. The molecular formula is C21H22FN5S. The van der Waals surface area contributed by atoms with Crippen molar-refractivity contribution in [3.05, 3.63) is 48.3 Å². The minimum atomic E-state index is -0.319. The lowest BCUT2D eigenvalue weighted by molar-refractivity contribution is 0.630. The third-order valence-corrected chi connectivity index (χ3v) is 5.83. The smallest absolute Gasteiger partial charge is 0.183 e. The van der Waals surface area contributed by atoms with Crippen molar-refractivity contribution >= 4 is 32.5 Å². The predicted octanol–water partition coefficient (Wildman–Crippen LogP) is 5.30. The van der Waals surface area contributed by atoms with E-state index >= 15 is 0 Å². The van der Waals surface area contributed by atoms with Gasteiger partial charge in [0.2, 0.25) is 0 Å². The van der Waals surface area contributed by atoms with Crippen molar-refractivity contribution in [3.63, 3.8) is 0 Å². The van der Waals surface area contributed by atoms with Crippen molar-refractivity contribution in [3.8, 4) is 22.4 Å². The lowest BCUT2D eigenvalue weighted by Gasteiger charge is -2.08. The van der Waals surface area contributed by atoms with Crippen molar-refractivity contribution in [1.29, 1.82) is 0 Å². The molecule has 0 fully saturated rings. The SMILES string of the molecule is CC[C@@H](C)Nc1nc2ccc(-c3c(-c4ccccc4F)nn(C)c3N)cc2s1. The number of aryl methyl sites for hydroxylation is 1. The van der Waals surface area contributed by atoms with E-state index < -0.39 is 0 Å². The van der Waals surface area contributed by atoms with Gasteiger partial charge in [0, 0.05) is 18.7 Å². The molecular weight excluding hydrogens is 373 g/mol.